The van der Waals surface area contributed by atoms with E-state index in [4.69, 9.17) is 9.15 Å². The number of carbonyl (C=O) groups excluding carboxylic acids is 2. The Labute approximate surface area is 165 Å². The molecular weight excluding hydrogens is 376 g/mol. The number of amides is 2. The molecule has 9 heteroatoms. The lowest BCUT2D eigenvalue weighted by molar-refractivity contribution is -0.118. The van der Waals surface area contributed by atoms with Crippen molar-refractivity contribution < 1.29 is 18.7 Å². The summed E-state index contributed by atoms with van der Waals surface area (Å²) in [4.78, 5) is 42.8. The van der Waals surface area contributed by atoms with Crippen LogP contribution in [0.15, 0.2) is 51.9 Å². The molecule has 0 bridgehead atoms. The molecule has 2 aromatic heterocycles. The van der Waals surface area contributed by atoms with Gasteiger partial charge in [0.25, 0.3) is 5.91 Å². The molecule has 1 atom stereocenters. The molecule has 9 nitrogen and oxygen atoms in total. The number of nitrogens with zero attached hydrogens (tertiary/aromatic N) is 3. The smallest absolute Gasteiger partial charge is 0.408 e. The van der Waals surface area contributed by atoms with Crippen LogP contribution >= 0.6 is 0 Å². The number of hydrogen-bond donors (Lipinski definition) is 1. The topological polar surface area (TPSA) is 107 Å². The number of carbonyl (C=O) groups is 2. The van der Waals surface area contributed by atoms with Gasteiger partial charge in [0.1, 0.15) is 0 Å². The number of ether oxygens (including phenoxy) is 1. The number of anilines is 1. The van der Waals surface area contributed by atoms with Crippen LogP contribution in [0.5, 0.6) is 0 Å². The van der Waals surface area contributed by atoms with Crippen molar-refractivity contribution in [3.63, 3.8) is 0 Å². The number of aryl methyl sites for hydroxylation is 1. The van der Waals surface area contributed by atoms with E-state index in [1.165, 1.54) is 4.57 Å². The molecule has 1 aliphatic rings. The third-order valence-electron chi connectivity index (χ3n) is 4.89. The van der Waals surface area contributed by atoms with E-state index in [0.717, 1.165) is 0 Å². The van der Waals surface area contributed by atoms with Gasteiger partial charge in [0.15, 0.2) is 5.58 Å². The fraction of sp³-hybridized carbons (Fsp3) is 0.300. The van der Waals surface area contributed by atoms with E-state index in [0.29, 0.717) is 35.5 Å². The third kappa shape index (κ3) is 3.90. The Kier molecular flexibility index (Phi) is 5.13. The maximum Gasteiger partial charge on any atom is 0.419 e. The number of aromatic nitrogens is 2. The summed E-state index contributed by atoms with van der Waals surface area (Å²) in [7, 11) is 1.59. The summed E-state index contributed by atoms with van der Waals surface area (Å²) in [6, 6.07) is 7.94. The second-order valence-corrected chi connectivity index (χ2v) is 6.83. The minimum absolute atomic E-state index is 0.104. The molecule has 1 aromatic carbocycles. The van der Waals surface area contributed by atoms with Crippen molar-refractivity contribution in [3.05, 3.63) is 58.8 Å². The average molecular weight is 396 g/mol. The Bertz CT molecular complexity index is 1110. The normalized spacial score (nSPS) is 16.7. The molecule has 1 aliphatic heterocycles. The van der Waals surface area contributed by atoms with Crippen LogP contribution in [0.2, 0.25) is 0 Å². The Balaban J connectivity index is 1.52. The van der Waals surface area contributed by atoms with E-state index in [9.17, 15) is 14.4 Å². The molecular formula is C20H20N4O5. The second-order valence-electron chi connectivity index (χ2n) is 6.83. The summed E-state index contributed by atoms with van der Waals surface area (Å²) < 4.78 is 12.0. The van der Waals surface area contributed by atoms with Gasteiger partial charge in [-0.15, -0.1) is 0 Å². The van der Waals surface area contributed by atoms with Crippen LogP contribution < -0.4 is 11.1 Å². The molecule has 0 unspecified atom stereocenters. The quantitative estimate of drug-likeness (QED) is 0.714. The Hall–Kier alpha value is -3.46. The SMILES string of the molecule is Cn1c(=O)oc2ccc(C(=O)N3CCOC[C@@H]3CC(=O)Nc3cccnc3)cc21. The van der Waals surface area contributed by atoms with Gasteiger partial charge in [0.05, 0.1) is 36.7 Å². The van der Waals surface area contributed by atoms with Gasteiger partial charge in [-0.1, -0.05) is 0 Å². The number of benzene rings is 1. The lowest BCUT2D eigenvalue weighted by atomic mass is 10.1. The molecule has 1 saturated heterocycles. The molecule has 0 saturated carbocycles. The van der Waals surface area contributed by atoms with E-state index in [-0.39, 0.29) is 24.8 Å². The van der Waals surface area contributed by atoms with Gasteiger partial charge in [-0.25, -0.2) is 4.79 Å². The van der Waals surface area contributed by atoms with E-state index in [1.54, 1.807) is 54.7 Å². The molecule has 0 spiro atoms. The van der Waals surface area contributed by atoms with Gasteiger partial charge in [-0.2, -0.15) is 0 Å². The van der Waals surface area contributed by atoms with Gasteiger partial charge in [0, 0.05) is 31.8 Å². The number of fused-ring (bicyclic) bond motifs is 1. The van der Waals surface area contributed by atoms with Crippen molar-refractivity contribution >= 4 is 28.6 Å². The predicted molar refractivity (Wildman–Crippen MR) is 105 cm³/mol. The van der Waals surface area contributed by atoms with Crippen LogP contribution in [0.25, 0.3) is 11.1 Å². The van der Waals surface area contributed by atoms with Gasteiger partial charge in [-0.3, -0.25) is 19.1 Å². The van der Waals surface area contributed by atoms with E-state index in [1.807, 2.05) is 0 Å². The van der Waals surface area contributed by atoms with Crippen LogP contribution in [0.4, 0.5) is 5.69 Å². The molecule has 4 rings (SSSR count). The maximum absolute atomic E-state index is 13.1. The van der Waals surface area contributed by atoms with Crippen LogP contribution in [0.1, 0.15) is 16.8 Å². The van der Waals surface area contributed by atoms with Crippen molar-refractivity contribution in [2.24, 2.45) is 7.05 Å². The molecule has 0 aliphatic carbocycles. The number of morpholine rings is 1. The molecule has 1 fully saturated rings. The van der Waals surface area contributed by atoms with Crippen molar-refractivity contribution in [2.75, 3.05) is 25.1 Å². The second kappa shape index (κ2) is 7.88. The highest BCUT2D eigenvalue weighted by Gasteiger charge is 2.30. The fourth-order valence-corrected chi connectivity index (χ4v) is 3.38. The summed E-state index contributed by atoms with van der Waals surface area (Å²) in [6.07, 6.45) is 3.29. The molecule has 150 valence electrons. The van der Waals surface area contributed by atoms with Gasteiger partial charge < -0.3 is 19.4 Å². The first-order valence-electron chi connectivity index (χ1n) is 9.21. The molecule has 29 heavy (non-hydrogen) atoms. The zero-order chi connectivity index (χ0) is 20.4. The monoisotopic (exact) mass is 396 g/mol. The third-order valence-corrected chi connectivity index (χ3v) is 4.89. The Morgan fingerprint density at radius 3 is 2.97 bits per heavy atom. The molecule has 3 heterocycles. The highest BCUT2D eigenvalue weighted by molar-refractivity contribution is 5.98. The zero-order valence-corrected chi connectivity index (χ0v) is 15.8. The van der Waals surface area contributed by atoms with Crippen molar-refractivity contribution in [1.29, 1.82) is 0 Å². The van der Waals surface area contributed by atoms with E-state index in [2.05, 4.69) is 10.3 Å². The molecule has 0 radical (unpaired) electrons. The minimum Gasteiger partial charge on any atom is -0.408 e. The highest BCUT2D eigenvalue weighted by atomic mass is 16.5. The summed E-state index contributed by atoms with van der Waals surface area (Å²) in [5.74, 6) is -0.928. The molecule has 3 aromatic rings. The number of nitrogens with one attached hydrogen (secondary N) is 1. The summed E-state index contributed by atoms with van der Waals surface area (Å²) in [5.41, 5.74) is 1.98. The van der Waals surface area contributed by atoms with Crippen molar-refractivity contribution in [2.45, 2.75) is 12.5 Å². The zero-order valence-electron chi connectivity index (χ0n) is 15.8. The fourth-order valence-electron chi connectivity index (χ4n) is 3.38. The van der Waals surface area contributed by atoms with E-state index >= 15 is 0 Å². The van der Waals surface area contributed by atoms with Crippen molar-refractivity contribution in [1.82, 2.24) is 14.5 Å². The maximum atomic E-state index is 13.1. The highest BCUT2D eigenvalue weighted by Crippen LogP contribution is 2.20. The molecule has 2 amide bonds. The lowest BCUT2D eigenvalue weighted by Crippen LogP contribution is -2.50. The molecule has 1 N–H and O–H groups in total. The Morgan fingerprint density at radius 1 is 1.31 bits per heavy atom. The van der Waals surface area contributed by atoms with Crippen LogP contribution in [0.3, 0.4) is 0 Å². The standard InChI is InChI=1S/C20H20N4O5/c1-23-16-9-13(4-5-17(16)29-20(23)27)19(26)24-7-8-28-12-15(24)10-18(25)22-14-3-2-6-21-11-14/h2-6,9,11,15H,7-8,10,12H2,1H3,(H,22,25)/t15-/m0/s1. The summed E-state index contributed by atoms with van der Waals surface area (Å²) in [5, 5.41) is 2.78. The number of pyridine rings is 1. The average Bonchev–Trinajstić information content (AvgIpc) is 3.02. The number of hydrogen-bond acceptors (Lipinski definition) is 6. The lowest BCUT2D eigenvalue weighted by Gasteiger charge is -2.35. The Morgan fingerprint density at radius 2 is 2.17 bits per heavy atom. The summed E-state index contributed by atoms with van der Waals surface area (Å²) >= 11 is 0. The number of oxazole rings is 1. The first-order valence-corrected chi connectivity index (χ1v) is 9.21. The van der Waals surface area contributed by atoms with Crippen molar-refractivity contribution in [3.8, 4) is 0 Å². The summed E-state index contributed by atoms with van der Waals surface area (Å²) in [6.45, 7) is 1.06. The van der Waals surface area contributed by atoms with Gasteiger partial charge >= 0.3 is 5.76 Å². The van der Waals surface area contributed by atoms with Crippen LogP contribution in [0, 0.1) is 0 Å². The van der Waals surface area contributed by atoms with E-state index < -0.39 is 11.8 Å². The van der Waals surface area contributed by atoms with Crippen LogP contribution in [-0.2, 0) is 16.6 Å². The minimum atomic E-state index is -0.485. The predicted octanol–water partition coefficient (Wildman–Crippen LogP) is 1.40. The van der Waals surface area contributed by atoms with Crippen LogP contribution in [-0.4, -0.2) is 52.1 Å². The first kappa shape index (κ1) is 18.9. The largest absolute Gasteiger partial charge is 0.419 e. The first-order chi connectivity index (χ1) is 14.0. The van der Waals surface area contributed by atoms with Gasteiger partial charge in [-0.05, 0) is 30.3 Å². The number of rotatable bonds is 4. The van der Waals surface area contributed by atoms with Gasteiger partial charge in [0.2, 0.25) is 5.91 Å².